The zero-order valence-corrected chi connectivity index (χ0v) is 10.9. The first kappa shape index (κ1) is 14.2. The van der Waals surface area contributed by atoms with Crippen LogP contribution in [-0.4, -0.2) is 36.0 Å². The molecule has 0 saturated carbocycles. The minimum Gasteiger partial charge on any atom is -0.394 e. The van der Waals surface area contributed by atoms with Crippen LogP contribution in [-0.2, 0) is 5.41 Å². The van der Waals surface area contributed by atoms with Gasteiger partial charge in [0.25, 0.3) is 0 Å². The Morgan fingerprint density at radius 2 is 1.94 bits per heavy atom. The number of benzene rings is 1. The van der Waals surface area contributed by atoms with Crippen LogP contribution in [0.1, 0.15) is 25.0 Å². The zero-order chi connectivity index (χ0) is 12.9. The van der Waals surface area contributed by atoms with Crippen LogP contribution in [0.2, 0.25) is 0 Å². The summed E-state index contributed by atoms with van der Waals surface area (Å²) >= 11 is 0. The SMILES string of the molecule is Cc1ccccc1C(C)(C)CNCC(O)CO. The Hall–Kier alpha value is -0.900. The first-order chi connectivity index (χ1) is 7.97. The summed E-state index contributed by atoms with van der Waals surface area (Å²) in [4.78, 5) is 0. The van der Waals surface area contributed by atoms with Gasteiger partial charge in [0.15, 0.2) is 0 Å². The Bertz CT molecular complexity index is 350. The molecule has 3 nitrogen and oxygen atoms in total. The van der Waals surface area contributed by atoms with E-state index in [1.54, 1.807) is 0 Å². The van der Waals surface area contributed by atoms with Crippen molar-refractivity contribution in [1.29, 1.82) is 0 Å². The molecule has 17 heavy (non-hydrogen) atoms. The number of aliphatic hydroxyl groups excluding tert-OH is 2. The van der Waals surface area contributed by atoms with Gasteiger partial charge in [-0.2, -0.15) is 0 Å². The summed E-state index contributed by atoms with van der Waals surface area (Å²) in [5.74, 6) is 0. The second kappa shape index (κ2) is 6.15. The molecule has 0 spiro atoms. The molecule has 96 valence electrons. The Morgan fingerprint density at radius 1 is 1.29 bits per heavy atom. The molecule has 0 heterocycles. The van der Waals surface area contributed by atoms with E-state index in [2.05, 4.69) is 38.2 Å². The summed E-state index contributed by atoms with van der Waals surface area (Å²) in [5.41, 5.74) is 2.61. The van der Waals surface area contributed by atoms with Gasteiger partial charge in [0.2, 0.25) is 0 Å². The average molecular weight is 237 g/mol. The fourth-order valence-corrected chi connectivity index (χ4v) is 2.04. The molecule has 1 aromatic carbocycles. The van der Waals surface area contributed by atoms with Gasteiger partial charge in [0.05, 0.1) is 12.7 Å². The van der Waals surface area contributed by atoms with E-state index in [9.17, 15) is 5.11 Å². The predicted octanol–water partition coefficient (Wildman–Crippen LogP) is 1.22. The average Bonchev–Trinajstić information content (AvgIpc) is 2.28. The zero-order valence-electron chi connectivity index (χ0n) is 10.9. The second-order valence-corrected chi connectivity index (χ2v) is 5.17. The van der Waals surface area contributed by atoms with Crippen LogP contribution < -0.4 is 5.32 Å². The third-order valence-electron chi connectivity index (χ3n) is 3.03. The fraction of sp³-hybridized carbons (Fsp3) is 0.571. The van der Waals surface area contributed by atoms with Crippen molar-refractivity contribution in [2.24, 2.45) is 0 Å². The van der Waals surface area contributed by atoms with Gasteiger partial charge in [0, 0.05) is 18.5 Å². The molecule has 1 atom stereocenters. The topological polar surface area (TPSA) is 52.5 Å². The van der Waals surface area contributed by atoms with E-state index in [0.717, 1.165) is 6.54 Å². The molecule has 0 aliphatic rings. The quantitative estimate of drug-likeness (QED) is 0.697. The van der Waals surface area contributed by atoms with Gasteiger partial charge >= 0.3 is 0 Å². The van der Waals surface area contributed by atoms with E-state index in [0.29, 0.717) is 6.54 Å². The molecule has 0 radical (unpaired) electrons. The van der Waals surface area contributed by atoms with Crippen molar-refractivity contribution < 1.29 is 10.2 Å². The molecule has 0 amide bonds. The Kier molecular flexibility index (Phi) is 5.12. The van der Waals surface area contributed by atoms with Crippen LogP contribution in [0.4, 0.5) is 0 Å². The highest BCUT2D eigenvalue weighted by molar-refractivity contribution is 5.32. The van der Waals surface area contributed by atoms with Gasteiger partial charge in [0.1, 0.15) is 0 Å². The standard InChI is InChI=1S/C14H23NO2/c1-11-6-4-5-7-13(11)14(2,3)10-15-8-12(17)9-16/h4-7,12,15-17H,8-10H2,1-3H3. The normalized spacial score (nSPS) is 13.7. The molecule has 3 heteroatoms. The maximum Gasteiger partial charge on any atom is 0.0894 e. The lowest BCUT2D eigenvalue weighted by Gasteiger charge is -2.28. The van der Waals surface area contributed by atoms with Crippen LogP contribution in [0, 0.1) is 6.92 Å². The molecule has 0 aliphatic carbocycles. The molecular weight excluding hydrogens is 214 g/mol. The molecular formula is C14H23NO2. The van der Waals surface area contributed by atoms with Crippen LogP contribution >= 0.6 is 0 Å². The molecule has 0 fully saturated rings. The molecule has 0 bridgehead atoms. The molecule has 0 saturated heterocycles. The summed E-state index contributed by atoms with van der Waals surface area (Å²) < 4.78 is 0. The number of aliphatic hydroxyl groups is 2. The number of rotatable bonds is 6. The van der Waals surface area contributed by atoms with E-state index >= 15 is 0 Å². The van der Waals surface area contributed by atoms with E-state index in [-0.39, 0.29) is 12.0 Å². The lowest BCUT2D eigenvalue weighted by molar-refractivity contribution is 0.0934. The first-order valence-corrected chi connectivity index (χ1v) is 6.03. The van der Waals surface area contributed by atoms with Crippen molar-refractivity contribution in [1.82, 2.24) is 5.32 Å². The fourth-order valence-electron chi connectivity index (χ4n) is 2.04. The third-order valence-corrected chi connectivity index (χ3v) is 3.03. The molecule has 1 unspecified atom stereocenters. The Morgan fingerprint density at radius 3 is 2.53 bits per heavy atom. The van der Waals surface area contributed by atoms with Crippen molar-refractivity contribution >= 4 is 0 Å². The summed E-state index contributed by atoms with van der Waals surface area (Å²) in [6, 6.07) is 8.34. The second-order valence-electron chi connectivity index (χ2n) is 5.17. The Labute approximate surface area is 103 Å². The van der Waals surface area contributed by atoms with Gasteiger partial charge < -0.3 is 15.5 Å². The molecule has 1 aromatic rings. The highest BCUT2D eigenvalue weighted by Gasteiger charge is 2.21. The van der Waals surface area contributed by atoms with Crippen molar-refractivity contribution in [2.75, 3.05) is 19.7 Å². The number of hydrogen-bond acceptors (Lipinski definition) is 3. The van der Waals surface area contributed by atoms with Crippen molar-refractivity contribution in [3.05, 3.63) is 35.4 Å². The largest absolute Gasteiger partial charge is 0.394 e. The van der Waals surface area contributed by atoms with E-state index in [1.165, 1.54) is 11.1 Å². The summed E-state index contributed by atoms with van der Waals surface area (Å²) in [5, 5.41) is 21.2. The Balaban J connectivity index is 2.60. The third kappa shape index (κ3) is 4.11. The number of hydrogen-bond donors (Lipinski definition) is 3. The summed E-state index contributed by atoms with van der Waals surface area (Å²) in [7, 11) is 0. The lowest BCUT2D eigenvalue weighted by Crippen LogP contribution is -2.38. The lowest BCUT2D eigenvalue weighted by atomic mass is 9.82. The van der Waals surface area contributed by atoms with Crippen LogP contribution in [0.25, 0.3) is 0 Å². The van der Waals surface area contributed by atoms with Crippen molar-refractivity contribution in [3.63, 3.8) is 0 Å². The summed E-state index contributed by atoms with van der Waals surface area (Å²) in [6.45, 7) is 7.46. The first-order valence-electron chi connectivity index (χ1n) is 6.03. The molecule has 0 aliphatic heterocycles. The van der Waals surface area contributed by atoms with Gasteiger partial charge in [-0.25, -0.2) is 0 Å². The minimum atomic E-state index is -0.678. The van der Waals surface area contributed by atoms with Crippen molar-refractivity contribution in [3.8, 4) is 0 Å². The minimum absolute atomic E-state index is 0.0144. The highest BCUT2D eigenvalue weighted by Crippen LogP contribution is 2.25. The molecule has 3 N–H and O–H groups in total. The number of aryl methyl sites for hydroxylation is 1. The van der Waals surface area contributed by atoms with Crippen LogP contribution in [0.15, 0.2) is 24.3 Å². The van der Waals surface area contributed by atoms with E-state index < -0.39 is 6.10 Å². The highest BCUT2D eigenvalue weighted by atomic mass is 16.3. The molecule has 1 rings (SSSR count). The van der Waals surface area contributed by atoms with Gasteiger partial charge in [-0.1, -0.05) is 38.1 Å². The van der Waals surface area contributed by atoms with E-state index in [4.69, 9.17) is 5.11 Å². The monoisotopic (exact) mass is 237 g/mol. The maximum absolute atomic E-state index is 9.27. The maximum atomic E-state index is 9.27. The van der Waals surface area contributed by atoms with Crippen LogP contribution in [0.5, 0.6) is 0 Å². The van der Waals surface area contributed by atoms with Gasteiger partial charge in [-0.3, -0.25) is 0 Å². The number of nitrogens with one attached hydrogen (secondary N) is 1. The van der Waals surface area contributed by atoms with Crippen LogP contribution in [0.3, 0.4) is 0 Å². The van der Waals surface area contributed by atoms with Crippen molar-refractivity contribution in [2.45, 2.75) is 32.3 Å². The smallest absolute Gasteiger partial charge is 0.0894 e. The van der Waals surface area contributed by atoms with Gasteiger partial charge in [-0.05, 0) is 18.1 Å². The summed E-state index contributed by atoms with van der Waals surface area (Å²) in [6.07, 6.45) is -0.678. The predicted molar refractivity (Wildman–Crippen MR) is 70.2 cm³/mol. The van der Waals surface area contributed by atoms with E-state index in [1.807, 2.05) is 12.1 Å². The molecule has 0 aromatic heterocycles. The van der Waals surface area contributed by atoms with Gasteiger partial charge in [-0.15, -0.1) is 0 Å².